The number of carbonyl (C=O) groups is 1. The molecule has 0 aliphatic carbocycles. The van der Waals surface area contributed by atoms with Crippen LogP contribution in [0.1, 0.15) is 31.2 Å². The van der Waals surface area contributed by atoms with Crippen molar-refractivity contribution in [3.63, 3.8) is 0 Å². The molecule has 2 N–H and O–H groups in total. The minimum absolute atomic E-state index is 0.0353. The second-order valence-corrected chi connectivity index (χ2v) is 9.12. The van der Waals surface area contributed by atoms with Gasteiger partial charge in [-0.15, -0.1) is 0 Å². The van der Waals surface area contributed by atoms with Crippen LogP contribution in [0.15, 0.2) is 47.4 Å². The Labute approximate surface area is 181 Å². The number of sulfonamides is 1. The van der Waals surface area contributed by atoms with E-state index in [-0.39, 0.29) is 10.8 Å². The van der Waals surface area contributed by atoms with Gasteiger partial charge in [-0.1, -0.05) is 30.2 Å². The molecule has 0 saturated carbocycles. The fourth-order valence-corrected chi connectivity index (χ4v) is 4.31. The first kappa shape index (κ1) is 22.4. The van der Waals surface area contributed by atoms with Gasteiger partial charge in [0, 0.05) is 30.6 Å². The van der Waals surface area contributed by atoms with E-state index in [0.29, 0.717) is 62.1 Å². The van der Waals surface area contributed by atoms with Crippen LogP contribution in [0.5, 0.6) is 11.5 Å². The van der Waals surface area contributed by atoms with E-state index in [4.69, 9.17) is 21.1 Å². The van der Waals surface area contributed by atoms with Crippen molar-refractivity contribution in [2.45, 2.75) is 37.1 Å². The van der Waals surface area contributed by atoms with Crippen LogP contribution in [-0.4, -0.2) is 34.1 Å². The summed E-state index contributed by atoms with van der Waals surface area (Å²) >= 11 is 5.92. The molecule has 1 aliphatic rings. The Morgan fingerprint density at radius 1 is 1.00 bits per heavy atom. The predicted molar refractivity (Wildman–Crippen MR) is 114 cm³/mol. The Bertz CT molecular complexity index is 981. The number of nitrogens with one attached hydrogen (secondary N) is 2. The topological polar surface area (TPSA) is 93.7 Å². The number of amides is 1. The third-order valence-corrected chi connectivity index (χ3v) is 6.27. The highest BCUT2D eigenvalue weighted by Gasteiger charge is 2.18. The van der Waals surface area contributed by atoms with E-state index < -0.39 is 10.0 Å². The minimum Gasteiger partial charge on any atom is -0.486 e. The van der Waals surface area contributed by atoms with Gasteiger partial charge in [0.25, 0.3) is 0 Å². The molecule has 30 heavy (non-hydrogen) atoms. The normalized spacial score (nSPS) is 13.1. The fraction of sp³-hybridized carbons (Fsp3) is 0.381. The zero-order chi connectivity index (χ0) is 21.4. The van der Waals surface area contributed by atoms with Gasteiger partial charge in [-0.2, -0.15) is 0 Å². The van der Waals surface area contributed by atoms with Crippen molar-refractivity contribution in [2.75, 3.05) is 19.8 Å². The summed E-state index contributed by atoms with van der Waals surface area (Å²) in [4.78, 5) is 12.1. The van der Waals surface area contributed by atoms with Crippen molar-refractivity contribution in [1.82, 2.24) is 10.0 Å². The molecule has 162 valence electrons. The van der Waals surface area contributed by atoms with E-state index in [1.165, 1.54) is 12.1 Å². The van der Waals surface area contributed by atoms with E-state index in [2.05, 4.69) is 10.0 Å². The van der Waals surface area contributed by atoms with Crippen LogP contribution in [0.4, 0.5) is 0 Å². The molecule has 9 heteroatoms. The maximum Gasteiger partial charge on any atom is 0.240 e. The first-order valence-electron chi connectivity index (χ1n) is 9.84. The lowest BCUT2D eigenvalue weighted by atomic mass is 10.2. The van der Waals surface area contributed by atoms with E-state index in [1.807, 2.05) is 18.2 Å². The highest BCUT2D eigenvalue weighted by molar-refractivity contribution is 7.89. The SMILES string of the molecule is O=C(CCCCCNS(=O)(=O)c1ccc2c(c1)OCCO2)NCc1cccc(Cl)c1. The van der Waals surface area contributed by atoms with Gasteiger partial charge < -0.3 is 14.8 Å². The van der Waals surface area contributed by atoms with Gasteiger partial charge >= 0.3 is 0 Å². The smallest absolute Gasteiger partial charge is 0.240 e. The Morgan fingerprint density at radius 3 is 2.60 bits per heavy atom. The van der Waals surface area contributed by atoms with Gasteiger partial charge in [-0.3, -0.25) is 4.79 Å². The number of unbranched alkanes of at least 4 members (excludes halogenated alkanes) is 2. The highest BCUT2D eigenvalue weighted by Crippen LogP contribution is 2.32. The molecule has 3 rings (SSSR count). The number of rotatable bonds is 10. The van der Waals surface area contributed by atoms with Crippen LogP contribution in [0, 0.1) is 0 Å². The van der Waals surface area contributed by atoms with Crippen LogP contribution >= 0.6 is 11.6 Å². The van der Waals surface area contributed by atoms with Crippen LogP contribution in [-0.2, 0) is 21.4 Å². The minimum atomic E-state index is -3.62. The van der Waals surface area contributed by atoms with Crippen LogP contribution in [0.2, 0.25) is 5.02 Å². The van der Waals surface area contributed by atoms with Crippen molar-refractivity contribution in [2.24, 2.45) is 0 Å². The molecule has 2 aromatic carbocycles. The molecular formula is C21H25ClN2O5S. The maximum absolute atomic E-state index is 12.4. The van der Waals surface area contributed by atoms with Crippen molar-refractivity contribution in [1.29, 1.82) is 0 Å². The summed E-state index contributed by atoms with van der Waals surface area (Å²) in [6.07, 6.45) is 2.47. The lowest BCUT2D eigenvalue weighted by Gasteiger charge is -2.18. The van der Waals surface area contributed by atoms with E-state index in [1.54, 1.807) is 12.1 Å². The molecule has 0 bridgehead atoms. The number of halogens is 1. The number of carbonyl (C=O) groups excluding carboxylic acids is 1. The maximum atomic E-state index is 12.4. The first-order chi connectivity index (χ1) is 14.4. The second kappa shape index (κ2) is 10.7. The Balaban J connectivity index is 1.33. The summed E-state index contributed by atoms with van der Waals surface area (Å²) in [5, 5.41) is 3.50. The summed E-state index contributed by atoms with van der Waals surface area (Å²) in [6, 6.07) is 11.9. The van der Waals surface area contributed by atoms with Gasteiger partial charge in [0.1, 0.15) is 13.2 Å². The fourth-order valence-electron chi connectivity index (χ4n) is 3.00. The lowest BCUT2D eigenvalue weighted by Crippen LogP contribution is -2.25. The zero-order valence-corrected chi connectivity index (χ0v) is 18.1. The largest absolute Gasteiger partial charge is 0.486 e. The average Bonchev–Trinajstić information content (AvgIpc) is 2.74. The van der Waals surface area contributed by atoms with Gasteiger partial charge in [0.05, 0.1) is 4.90 Å². The molecule has 1 amide bonds. The first-order valence-corrected chi connectivity index (χ1v) is 11.7. The molecular weight excluding hydrogens is 428 g/mol. The van der Waals surface area contributed by atoms with E-state index in [9.17, 15) is 13.2 Å². The Kier molecular flexibility index (Phi) is 7.95. The van der Waals surface area contributed by atoms with Crippen LogP contribution in [0.3, 0.4) is 0 Å². The molecule has 0 spiro atoms. The number of hydrogen-bond donors (Lipinski definition) is 2. The molecule has 0 atom stereocenters. The summed E-state index contributed by atoms with van der Waals surface area (Å²) in [5.74, 6) is 0.952. The van der Waals surface area contributed by atoms with E-state index >= 15 is 0 Å². The molecule has 0 unspecified atom stereocenters. The standard InChI is InChI=1S/C21H25ClN2O5S/c22-17-6-4-5-16(13-17)15-23-21(25)7-2-1-3-10-24-30(26,27)18-8-9-19-20(14-18)29-12-11-28-19/h4-6,8-9,13-14,24H,1-3,7,10-12,15H2,(H,23,25). The number of ether oxygens (including phenoxy) is 2. The third-order valence-electron chi connectivity index (χ3n) is 4.58. The number of fused-ring (bicyclic) bond motifs is 1. The molecule has 1 aliphatic heterocycles. The summed E-state index contributed by atoms with van der Waals surface area (Å²) < 4.78 is 38.3. The average molecular weight is 453 g/mol. The van der Waals surface area contributed by atoms with E-state index in [0.717, 1.165) is 12.0 Å². The van der Waals surface area contributed by atoms with Crippen molar-refractivity contribution < 1.29 is 22.7 Å². The molecule has 0 radical (unpaired) electrons. The van der Waals surface area contributed by atoms with Crippen molar-refractivity contribution >= 4 is 27.5 Å². The molecule has 0 aromatic heterocycles. The third kappa shape index (κ3) is 6.62. The van der Waals surface area contributed by atoms with Gasteiger partial charge in [0.15, 0.2) is 11.5 Å². The van der Waals surface area contributed by atoms with Crippen LogP contribution in [0.25, 0.3) is 0 Å². The number of hydrogen-bond acceptors (Lipinski definition) is 5. The monoisotopic (exact) mass is 452 g/mol. The van der Waals surface area contributed by atoms with Crippen molar-refractivity contribution in [3.05, 3.63) is 53.1 Å². The van der Waals surface area contributed by atoms with Crippen molar-refractivity contribution in [3.8, 4) is 11.5 Å². The Hall–Kier alpha value is -2.29. The quantitative estimate of drug-likeness (QED) is 0.539. The van der Waals surface area contributed by atoms with Gasteiger partial charge in [0.2, 0.25) is 15.9 Å². The Morgan fingerprint density at radius 2 is 1.80 bits per heavy atom. The van der Waals surface area contributed by atoms with Gasteiger partial charge in [-0.25, -0.2) is 13.1 Å². The van der Waals surface area contributed by atoms with Crippen LogP contribution < -0.4 is 19.5 Å². The predicted octanol–water partition coefficient (Wildman–Crippen LogP) is 3.27. The summed E-state index contributed by atoms with van der Waals surface area (Å²) in [5.41, 5.74) is 0.949. The molecule has 1 heterocycles. The van der Waals surface area contributed by atoms with Gasteiger partial charge in [-0.05, 0) is 42.7 Å². The summed E-state index contributed by atoms with van der Waals surface area (Å²) in [7, 11) is -3.62. The molecule has 0 saturated heterocycles. The molecule has 2 aromatic rings. The highest BCUT2D eigenvalue weighted by atomic mass is 35.5. The lowest BCUT2D eigenvalue weighted by molar-refractivity contribution is -0.121. The number of benzene rings is 2. The summed E-state index contributed by atoms with van der Waals surface area (Å²) in [6.45, 7) is 1.60. The zero-order valence-electron chi connectivity index (χ0n) is 16.5. The molecule has 0 fully saturated rings. The second-order valence-electron chi connectivity index (χ2n) is 6.92. The molecule has 7 nitrogen and oxygen atoms in total.